The number of para-hydroxylation sites is 1. The van der Waals surface area contributed by atoms with Crippen LogP contribution in [0.3, 0.4) is 0 Å². The van der Waals surface area contributed by atoms with Gasteiger partial charge in [0, 0.05) is 12.1 Å². The molecule has 1 amide bonds. The number of sulfonamides is 1. The van der Waals surface area contributed by atoms with Crippen LogP contribution in [-0.2, 0) is 14.8 Å². The fourth-order valence-electron chi connectivity index (χ4n) is 2.02. The summed E-state index contributed by atoms with van der Waals surface area (Å²) in [5.41, 5.74) is 0.364. The lowest BCUT2D eigenvalue weighted by molar-refractivity contribution is -0.116. The fourth-order valence-corrected chi connectivity index (χ4v) is 2.94. The highest BCUT2D eigenvalue weighted by atomic mass is 35.5. The molecule has 0 radical (unpaired) electrons. The first-order chi connectivity index (χ1) is 11.8. The summed E-state index contributed by atoms with van der Waals surface area (Å²) in [5.74, 6) is 0.451. The van der Waals surface area contributed by atoms with Gasteiger partial charge in [-0.3, -0.25) is 4.79 Å². The van der Waals surface area contributed by atoms with E-state index in [0.717, 1.165) is 4.31 Å². The van der Waals surface area contributed by atoms with E-state index in [-0.39, 0.29) is 12.3 Å². The normalized spacial score (nSPS) is 11.4. The minimum atomic E-state index is -3.44. The van der Waals surface area contributed by atoms with Gasteiger partial charge in [0.1, 0.15) is 5.75 Å². The van der Waals surface area contributed by atoms with Crippen molar-refractivity contribution in [1.82, 2.24) is 4.31 Å². The number of benzene rings is 2. The first kappa shape index (κ1) is 19.2. The van der Waals surface area contributed by atoms with Gasteiger partial charge >= 0.3 is 0 Å². The minimum absolute atomic E-state index is 0.0731. The Morgan fingerprint density at radius 1 is 1.20 bits per heavy atom. The maximum absolute atomic E-state index is 12.2. The molecule has 0 spiro atoms. The van der Waals surface area contributed by atoms with Crippen LogP contribution in [0.4, 0.5) is 5.69 Å². The van der Waals surface area contributed by atoms with Gasteiger partial charge in [0.25, 0.3) is 0 Å². The third-order valence-corrected chi connectivity index (χ3v) is 5.44. The van der Waals surface area contributed by atoms with Crippen LogP contribution in [-0.4, -0.2) is 38.0 Å². The first-order valence-electron chi connectivity index (χ1n) is 7.58. The highest BCUT2D eigenvalue weighted by Gasteiger charge is 2.19. The van der Waals surface area contributed by atoms with Crippen molar-refractivity contribution in [3.8, 4) is 11.5 Å². The second-order valence-corrected chi connectivity index (χ2v) is 8.06. The van der Waals surface area contributed by atoms with Crippen molar-refractivity contribution >= 4 is 33.2 Å². The number of amides is 1. The Hall–Kier alpha value is -2.09. The maximum Gasteiger partial charge on any atom is 0.239 e. The fraction of sp³-hybridized carbons (Fsp3) is 0.235. The van der Waals surface area contributed by atoms with Crippen LogP contribution in [0, 0.1) is 0 Å². The Labute approximate surface area is 152 Å². The van der Waals surface area contributed by atoms with E-state index in [1.54, 1.807) is 30.3 Å². The van der Waals surface area contributed by atoms with Crippen molar-refractivity contribution < 1.29 is 17.9 Å². The Bertz CT molecular complexity index is 841. The van der Waals surface area contributed by atoms with Gasteiger partial charge in [0.15, 0.2) is 5.75 Å². The van der Waals surface area contributed by atoms with Crippen LogP contribution < -0.4 is 10.1 Å². The van der Waals surface area contributed by atoms with Gasteiger partial charge in [0.2, 0.25) is 15.9 Å². The smallest absolute Gasteiger partial charge is 0.239 e. The lowest BCUT2D eigenvalue weighted by Crippen LogP contribution is -2.35. The molecule has 0 saturated carbocycles. The van der Waals surface area contributed by atoms with Crippen molar-refractivity contribution in [3.63, 3.8) is 0 Å². The number of hydrogen-bond acceptors (Lipinski definition) is 4. The van der Waals surface area contributed by atoms with E-state index in [1.807, 2.05) is 18.2 Å². The summed E-state index contributed by atoms with van der Waals surface area (Å²) in [6, 6.07) is 13.9. The average Bonchev–Trinajstić information content (AvgIpc) is 2.58. The molecule has 0 heterocycles. The standard InChI is InChI=1S/C17H19ClN2O4S/c1-3-25(22,23)20(2)12-17(21)19-15-11-13(18)9-10-16(15)24-14-7-5-4-6-8-14/h4-11H,3,12H2,1-2H3,(H,19,21). The van der Waals surface area contributed by atoms with Gasteiger partial charge in [0.05, 0.1) is 18.0 Å². The SMILES string of the molecule is CCS(=O)(=O)N(C)CC(=O)Nc1cc(Cl)ccc1Oc1ccccc1. The third kappa shape index (κ3) is 5.45. The van der Waals surface area contributed by atoms with Crippen LogP contribution in [0.1, 0.15) is 6.92 Å². The minimum Gasteiger partial charge on any atom is -0.455 e. The highest BCUT2D eigenvalue weighted by Crippen LogP contribution is 2.32. The maximum atomic E-state index is 12.2. The van der Waals surface area contributed by atoms with E-state index in [2.05, 4.69) is 5.32 Å². The van der Waals surface area contributed by atoms with E-state index < -0.39 is 15.9 Å². The summed E-state index contributed by atoms with van der Waals surface area (Å²) < 4.78 is 30.3. The Morgan fingerprint density at radius 3 is 2.52 bits per heavy atom. The molecule has 134 valence electrons. The Kier molecular flexibility index (Phi) is 6.41. The number of hydrogen-bond donors (Lipinski definition) is 1. The van der Waals surface area contributed by atoms with Crippen molar-refractivity contribution in [2.75, 3.05) is 24.7 Å². The molecule has 0 unspecified atom stereocenters. The van der Waals surface area contributed by atoms with E-state index >= 15 is 0 Å². The molecule has 0 fully saturated rings. The second-order valence-electron chi connectivity index (χ2n) is 5.26. The monoisotopic (exact) mass is 382 g/mol. The molecule has 0 aliphatic carbocycles. The summed E-state index contributed by atoms with van der Waals surface area (Å²) in [6.45, 7) is 1.22. The number of anilines is 1. The van der Waals surface area contributed by atoms with Gasteiger partial charge in [-0.15, -0.1) is 0 Å². The zero-order chi connectivity index (χ0) is 18.4. The molecule has 0 atom stereocenters. The summed E-state index contributed by atoms with van der Waals surface area (Å²) in [5, 5.41) is 3.07. The number of rotatable bonds is 7. The van der Waals surface area contributed by atoms with Crippen LogP contribution in [0.25, 0.3) is 0 Å². The molecule has 0 bridgehead atoms. The third-order valence-electron chi connectivity index (χ3n) is 3.39. The summed E-state index contributed by atoms with van der Waals surface area (Å²) in [6.07, 6.45) is 0. The van der Waals surface area contributed by atoms with Crippen LogP contribution in [0.5, 0.6) is 11.5 Å². The number of nitrogens with one attached hydrogen (secondary N) is 1. The molecule has 0 aromatic heterocycles. The second kappa shape index (κ2) is 8.33. The quantitative estimate of drug-likeness (QED) is 0.796. The van der Waals surface area contributed by atoms with Crippen molar-refractivity contribution in [3.05, 3.63) is 53.6 Å². The lowest BCUT2D eigenvalue weighted by atomic mass is 10.2. The predicted molar refractivity (Wildman–Crippen MR) is 98.7 cm³/mol. The van der Waals surface area contributed by atoms with Crippen molar-refractivity contribution in [1.29, 1.82) is 0 Å². The van der Waals surface area contributed by atoms with E-state index in [9.17, 15) is 13.2 Å². The number of likely N-dealkylation sites (N-methyl/N-ethyl adjacent to an activating group) is 1. The van der Waals surface area contributed by atoms with Gasteiger partial charge in [-0.1, -0.05) is 29.8 Å². The number of ether oxygens (including phenoxy) is 1. The summed E-state index contributed by atoms with van der Waals surface area (Å²) in [7, 11) is -2.08. The van der Waals surface area contributed by atoms with E-state index in [1.165, 1.54) is 14.0 Å². The predicted octanol–water partition coefficient (Wildman–Crippen LogP) is 3.35. The molecule has 0 saturated heterocycles. The zero-order valence-corrected chi connectivity index (χ0v) is 15.5. The number of carbonyl (C=O) groups is 1. The van der Waals surface area contributed by atoms with Gasteiger partial charge < -0.3 is 10.1 Å². The zero-order valence-electron chi connectivity index (χ0n) is 13.9. The molecule has 0 aliphatic rings. The van der Waals surface area contributed by atoms with E-state index in [0.29, 0.717) is 22.2 Å². The van der Waals surface area contributed by atoms with Gasteiger partial charge in [-0.25, -0.2) is 8.42 Å². The van der Waals surface area contributed by atoms with Crippen LogP contribution in [0.2, 0.25) is 5.02 Å². The summed E-state index contributed by atoms with van der Waals surface area (Å²) >= 11 is 5.99. The molecule has 1 N–H and O–H groups in total. The average molecular weight is 383 g/mol. The molecule has 25 heavy (non-hydrogen) atoms. The Balaban J connectivity index is 2.15. The molecule has 2 rings (SSSR count). The van der Waals surface area contributed by atoms with Crippen LogP contribution in [0.15, 0.2) is 48.5 Å². The van der Waals surface area contributed by atoms with Gasteiger partial charge in [-0.05, 0) is 37.3 Å². The first-order valence-corrected chi connectivity index (χ1v) is 9.57. The largest absolute Gasteiger partial charge is 0.455 e. The number of halogens is 1. The van der Waals surface area contributed by atoms with Crippen LogP contribution >= 0.6 is 11.6 Å². The number of nitrogens with zero attached hydrogens (tertiary/aromatic N) is 1. The molecule has 6 nitrogen and oxygen atoms in total. The molecule has 2 aromatic carbocycles. The van der Waals surface area contributed by atoms with E-state index in [4.69, 9.17) is 16.3 Å². The lowest BCUT2D eigenvalue weighted by Gasteiger charge is -2.17. The van der Waals surface area contributed by atoms with Gasteiger partial charge in [-0.2, -0.15) is 4.31 Å². The molecule has 8 heteroatoms. The summed E-state index contributed by atoms with van der Waals surface area (Å²) in [4.78, 5) is 12.2. The Morgan fingerprint density at radius 2 is 1.88 bits per heavy atom. The molecule has 0 aliphatic heterocycles. The topological polar surface area (TPSA) is 75.7 Å². The molecular formula is C17H19ClN2O4S. The number of carbonyl (C=O) groups excluding carboxylic acids is 1. The van der Waals surface area contributed by atoms with Crippen molar-refractivity contribution in [2.24, 2.45) is 0 Å². The van der Waals surface area contributed by atoms with Crippen molar-refractivity contribution in [2.45, 2.75) is 6.92 Å². The highest BCUT2D eigenvalue weighted by molar-refractivity contribution is 7.89. The molecule has 2 aromatic rings. The molecular weight excluding hydrogens is 364 g/mol.